The minimum Gasteiger partial charge on any atom is -0.395 e. The van der Waals surface area contributed by atoms with Crippen LogP contribution in [0.3, 0.4) is 0 Å². The highest BCUT2D eigenvalue weighted by molar-refractivity contribution is 5.27. The van der Waals surface area contributed by atoms with E-state index in [-0.39, 0.29) is 13.2 Å². The van der Waals surface area contributed by atoms with Crippen molar-refractivity contribution in [2.45, 2.75) is 6.42 Å². The highest BCUT2D eigenvalue weighted by Gasteiger charge is 2.46. The topological polar surface area (TPSA) is 40.5 Å². The molecule has 0 heterocycles. The van der Waals surface area contributed by atoms with Crippen molar-refractivity contribution in [3.63, 3.8) is 0 Å². The molecule has 0 aromatic carbocycles. The van der Waals surface area contributed by atoms with Gasteiger partial charge in [0.15, 0.2) is 0 Å². The molecule has 2 N–H and O–H groups in total. The molecule has 0 aromatic heterocycles. The predicted molar refractivity (Wildman–Crippen MR) is 29.0 cm³/mol. The van der Waals surface area contributed by atoms with E-state index in [1.165, 1.54) is 0 Å². The van der Waals surface area contributed by atoms with E-state index < -0.39 is 5.41 Å². The lowest BCUT2D eigenvalue weighted by Gasteiger charge is -2.03. The summed E-state index contributed by atoms with van der Waals surface area (Å²) in [6.07, 6.45) is 0.681. The SMILES string of the molecule is [CH]=C1CC1(CO)CO. The van der Waals surface area contributed by atoms with Crippen molar-refractivity contribution in [1.29, 1.82) is 0 Å². The number of rotatable bonds is 2. The van der Waals surface area contributed by atoms with E-state index in [0.717, 1.165) is 5.57 Å². The summed E-state index contributed by atoms with van der Waals surface area (Å²) >= 11 is 0. The lowest BCUT2D eigenvalue weighted by Crippen LogP contribution is -2.11. The Kier molecular flexibility index (Phi) is 1.14. The third kappa shape index (κ3) is 0.572. The predicted octanol–water partition coefficient (Wildman–Crippen LogP) is -0.280. The Hall–Kier alpha value is -0.340. The summed E-state index contributed by atoms with van der Waals surface area (Å²) in [5.41, 5.74) is 0.322. The van der Waals surface area contributed by atoms with Gasteiger partial charge in [-0.15, -0.1) is 0 Å². The van der Waals surface area contributed by atoms with Crippen molar-refractivity contribution in [2.24, 2.45) is 5.41 Å². The highest BCUT2D eigenvalue weighted by atomic mass is 16.3. The van der Waals surface area contributed by atoms with Crippen LogP contribution in [-0.4, -0.2) is 23.4 Å². The van der Waals surface area contributed by atoms with Gasteiger partial charge in [0.25, 0.3) is 0 Å². The maximum Gasteiger partial charge on any atom is 0.0550 e. The number of hydrogen-bond donors (Lipinski definition) is 2. The Morgan fingerprint density at radius 1 is 1.50 bits per heavy atom. The van der Waals surface area contributed by atoms with Crippen molar-refractivity contribution in [3.05, 3.63) is 12.2 Å². The molecule has 8 heavy (non-hydrogen) atoms. The van der Waals surface area contributed by atoms with Crippen LogP contribution in [0.1, 0.15) is 6.42 Å². The average Bonchev–Trinajstić information content (AvgIpc) is 2.43. The van der Waals surface area contributed by atoms with E-state index in [4.69, 9.17) is 16.8 Å². The molecule has 2 heteroatoms. The van der Waals surface area contributed by atoms with Gasteiger partial charge in [-0.2, -0.15) is 0 Å². The Morgan fingerprint density at radius 3 is 1.88 bits per heavy atom. The molecule has 1 fully saturated rings. The number of aliphatic hydroxyl groups is 2. The Morgan fingerprint density at radius 2 is 1.88 bits per heavy atom. The van der Waals surface area contributed by atoms with Gasteiger partial charge in [-0.25, -0.2) is 0 Å². The van der Waals surface area contributed by atoms with E-state index in [9.17, 15) is 0 Å². The summed E-state index contributed by atoms with van der Waals surface area (Å²) in [4.78, 5) is 0. The summed E-state index contributed by atoms with van der Waals surface area (Å²) < 4.78 is 0. The second-order valence-electron chi connectivity index (χ2n) is 2.30. The third-order valence-electron chi connectivity index (χ3n) is 1.69. The fraction of sp³-hybridized carbons (Fsp3) is 0.667. The molecular formula is C6H9O2. The molecule has 0 aromatic rings. The lowest BCUT2D eigenvalue weighted by atomic mass is 10.1. The normalized spacial score (nSPS) is 23.5. The van der Waals surface area contributed by atoms with E-state index in [0.29, 0.717) is 6.42 Å². The van der Waals surface area contributed by atoms with Gasteiger partial charge in [0.2, 0.25) is 0 Å². The summed E-state index contributed by atoms with van der Waals surface area (Å²) in [5, 5.41) is 17.1. The molecule has 0 aliphatic heterocycles. The van der Waals surface area contributed by atoms with Crippen LogP contribution in [0.25, 0.3) is 0 Å². The summed E-state index contributed by atoms with van der Waals surface area (Å²) in [6, 6.07) is 0. The van der Waals surface area contributed by atoms with E-state index in [1.807, 2.05) is 0 Å². The molecule has 0 atom stereocenters. The highest BCUT2D eigenvalue weighted by Crippen LogP contribution is 2.49. The second kappa shape index (κ2) is 1.57. The second-order valence-corrected chi connectivity index (χ2v) is 2.30. The lowest BCUT2D eigenvalue weighted by molar-refractivity contribution is 0.143. The molecule has 45 valence electrons. The quantitative estimate of drug-likeness (QED) is 0.517. The van der Waals surface area contributed by atoms with Crippen molar-refractivity contribution >= 4 is 0 Å². The summed E-state index contributed by atoms with van der Waals surface area (Å²) in [5.74, 6) is 0. The fourth-order valence-corrected chi connectivity index (χ4v) is 0.685. The van der Waals surface area contributed by atoms with E-state index in [1.54, 1.807) is 0 Å². The van der Waals surface area contributed by atoms with Crippen molar-refractivity contribution < 1.29 is 10.2 Å². The molecule has 0 spiro atoms. The zero-order valence-corrected chi connectivity index (χ0v) is 4.59. The summed E-state index contributed by atoms with van der Waals surface area (Å²) in [6.45, 7) is 5.28. The first-order valence-electron chi connectivity index (χ1n) is 2.59. The minimum atomic E-state index is -0.403. The molecule has 1 aliphatic rings. The molecule has 0 amide bonds. The van der Waals surface area contributed by atoms with E-state index >= 15 is 0 Å². The Labute approximate surface area is 48.5 Å². The van der Waals surface area contributed by atoms with Gasteiger partial charge in [-0.05, 0) is 6.42 Å². The van der Waals surface area contributed by atoms with Gasteiger partial charge in [0, 0.05) is 5.41 Å². The minimum absolute atomic E-state index is 0.0185. The third-order valence-corrected chi connectivity index (χ3v) is 1.69. The van der Waals surface area contributed by atoms with Gasteiger partial charge >= 0.3 is 0 Å². The monoisotopic (exact) mass is 113 g/mol. The number of aliphatic hydroxyl groups excluding tert-OH is 2. The smallest absolute Gasteiger partial charge is 0.0550 e. The molecule has 1 radical (unpaired) electrons. The molecule has 1 saturated carbocycles. The maximum absolute atomic E-state index is 8.57. The first kappa shape index (κ1) is 5.79. The zero-order valence-electron chi connectivity index (χ0n) is 4.59. The van der Waals surface area contributed by atoms with Crippen molar-refractivity contribution in [2.75, 3.05) is 13.2 Å². The standard InChI is InChI=1S/C6H9O2/c1-5-2-6(5,3-7)4-8/h1,7-8H,2-4H2. The first-order valence-corrected chi connectivity index (χ1v) is 2.59. The van der Waals surface area contributed by atoms with Gasteiger partial charge in [0.1, 0.15) is 0 Å². The first-order chi connectivity index (χ1) is 3.75. The summed E-state index contributed by atoms with van der Waals surface area (Å²) in [7, 11) is 0. The molecular weight excluding hydrogens is 104 g/mol. The van der Waals surface area contributed by atoms with Crippen molar-refractivity contribution in [3.8, 4) is 0 Å². The van der Waals surface area contributed by atoms with Gasteiger partial charge < -0.3 is 10.2 Å². The maximum atomic E-state index is 8.57. The molecule has 0 bridgehead atoms. The van der Waals surface area contributed by atoms with Crippen LogP contribution >= 0.6 is 0 Å². The van der Waals surface area contributed by atoms with Gasteiger partial charge in [-0.1, -0.05) is 12.2 Å². The molecule has 0 unspecified atom stereocenters. The Bertz CT molecular complexity index is 114. The fourth-order valence-electron chi connectivity index (χ4n) is 0.685. The van der Waals surface area contributed by atoms with Crippen LogP contribution in [0.2, 0.25) is 0 Å². The number of hydrogen-bond acceptors (Lipinski definition) is 2. The van der Waals surface area contributed by atoms with Crippen molar-refractivity contribution in [1.82, 2.24) is 0 Å². The van der Waals surface area contributed by atoms with Crippen LogP contribution in [0.4, 0.5) is 0 Å². The van der Waals surface area contributed by atoms with Crippen LogP contribution < -0.4 is 0 Å². The molecule has 2 nitrogen and oxygen atoms in total. The molecule has 0 saturated heterocycles. The zero-order chi connectivity index (χ0) is 6.20. The van der Waals surface area contributed by atoms with E-state index in [2.05, 4.69) is 0 Å². The van der Waals surface area contributed by atoms with Crippen LogP contribution in [-0.2, 0) is 0 Å². The van der Waals surface area contributed by atoms with Gasteiger partial charge in [-0.3, -0.25) is 0 Å². The average molecular weight is 113 g/mol. The van der Waals surface area contributed by atoms with Crippen LogP contribution in [0.15, 0.2) is 5.57 Å². The van der Waals surface area contributed by atoms with Crippen LogP contribution in [0, 0.1) is 12.0 Å². The molecule has 1 aliphatic carbocycles. The van der Waals surface area contributed by atoms with Crippen LogP contribution in [0.5, 0.6) is 0 Å². The largest absolute Gasteiger partial charge is 0.395 e. The Balaban J connectivity index is 2.52. The van der Waals surface area contributed by atoms with Gasteiger partial charge in [0.05, 0.1) is 13.2 Å². The molecule has 1 rings (SSSR count).